The summed E-state index contributed by atoms with van der Waals surface area (Å²) in [6.45, 7) is 3.55. The number of rotatable bonds is 4. The predicted octanol–water partition coefficient (Wildman–Crippen LogP) is 1.88. The van der Waals surface area contributed by atoms with E-state index >= 15 is 0 Å². The van der Waals surface area contributed by atoms with Gasteiger partial charge in [0, 0.05) is 11.6 Å². The lowest BCUT2D eigenvalue weighted by Gasteiger charge is -2.05. The van der Waals surface area contributed by atoms with Crippen molar-refractivity contribution in [1.82, 2.24) is 0 Å². The molecule has 6 heteroatoms. The molecule has 6 nitrogen and oxygen atoms in total. The molecule has 0 atom stereocenters. The number of benzene rings is 1. The molecular formula is C12H12N2O4. The Morgan fingerprint density at radius 3 is 2.72 bits per heavy atom. The summed E-state index contributed by atoms with van der Waals surface area (Å²) < 4.78 is 4.75. The first-order valence-corrected chi connectivity index (χ1v) is 5.33. The van der Waals surface area contributed by atoms with E-state index in [1.165, 1.54) is 12.1 Å². The van der Waals surface area contributed by atoms with Gasteiger partial charge in [0.15, 0.2) is 0 Å². The maximum atomic E-state index is 11.3. The van der Waals surface area contributed by atoms with Gasteiger partial charge in [-0.05, 0) is 25.5 Å². The van der Waals surface area contributed by atoms with E-state index in [1.54, 1.807) is 13.8 Å². The Kier molecular flexibility index (Phi) is 4.38. The average molecular weight is 248 g/mol. The van der Waals surface area contributed by atoms with Gasteiger partial charge in [-0.3, -0.25) is 14.9 Å². The van der Waals surface area contributed by atoms with Crippen molar-refractivity contribution in [3.63, 3.8) is 0 Å². The third-order valence-electron chi connectivity index (χ3n) is 2.38. The van der Waals surface area contributed by atoms with Crippen molar-refractivity contribution in [3.8, 4) is 6.07 Å². The van der Waals surface area contributed by atoms with Crippen molar-refractivity contribution >= 4 is 11.7 Å². The van der Waals surface area contributed by atoms with Gasteiger partial charge < -0.3 is 4.74 Å². The monoisotopic (exact) mass is 248 g/mol. The third-order valence-corrected chi connectivity index (χ3v) is 2.38. The highest BCUT2D eigenvalue weighted by molar-refractivity contribution is 5.74. The van der Waals surface area contributed by atoms with Crippen molar-refractivity contribution in [1.29, 1.82) is 5.26 Å². The summed E-state index contributed by atoms with van der Waals surface area (Å²) in [5, 5.41) is 19.7. The van der Waals surface area contributed by atoms with Crippen LogP contribution in [0.5, 0.6) is 0 Å². The average Bonchev–Trinajstić information content (AvgIpc) is 2.29. The van der Waals surface area contributed by atoms with Gasteiger partial charge in [-0.2, -0.15) is 5.26 Å². The Hall–Kier alpha value is -2.42. The number of ether oxygens (including phenoxy) is 1. The van der Waals surface area contributed by atoms with Crippen molar-refractivity contribution in [2.45, 2.75) is 20.3 Å². The first-order chi connectivity index (χ1) is 8.49. The minimum Gasteiger partial charge on any atom is -0.466 e. The third kappa shape index (κ3) is 3.04. The summed E-state index contributed by atoms with van der Waals surface area (Å²) in [7, 11) is 0. The normalized spacial score (nSPS) is 9.61. The maximum absolute atomic E-state index is 11.3. The van der Waals surface area contributed by atoms with Crippen LogP contribution in [-0.2, 0) is 16.0 Å². The lowest BCUT2D eigenvalue weighted by molar-refractivity contribution is -0.385. The predicted molar refractivity (Wildman–Crippen MR) is 62.9 cm³/mol. The Morgan fingerprint density at radius 2 is 2.22 bits per heavy atom. The fourth-order valence-corrected chi connectivity index (χ4v) is 1.56. The highest BCUT2D eigenvalue weighted by Gasteiger charge is 2.19. The number of nitro groups is 1. The number of hydrogen-bond donors (Lipinski definition) is 0. The van der Waals surface area contributed by atoms with Crippen LogP contribution in [0.2, 0.25) is 0 Å². The van der Waals surface area contributed by atoms with Crippen LogP contribution in [-0.4, -0.2) is 17.5 Å². The van der Waals surface area contributed by atoms with Crippen LogP contribution in [0.25, 0.3) is 0 Å². The summed E-state index contributed by atoms with van der Waals surface area (Å²) in [4.78, 5) is 21.6. The van der Waals surface area contributed by atoms with Gasteiger partial charge in [0.1, 0.15) is 0 Å². The molecule has 0 aromatic heterocycles. The van der Waals surface area contributed by atoms with Gasteiger partial charge in [-0.25, -0.2) is 0 Å². The van der Waals surface area contributed by atoms with E-state index in [4.69, 9.17) is 10.00 Å². The molecule has 0 spiro atoms. The number of hydrogen-bond acceptors (Lipinski definition) is 5. The van der Waals surface area contributed by atoms with Crippen LogP contribution in [0, 0.1) is 28.4 Å². The van der Waals surface area contributed by atoms with Gasteiger partial charge in [-0.15, -0.1) is 0 Å². The SMILES string of the molecule is CCOC(=O)Cc1cc(C)c(C#N)cc1[N+](=O)[O-]. The van der Waals surface area contributed by atoms with Crippen LogP contribution in [0.15, 0.2) is 12.1 Å². The Bertz CT molecular complexity index is 532. The van der Waals surface area contributed by atoms with Gasteiger partial charge in [-0.1, -0.05) is 0 Å². The summed E-state index contributed by atoms with van der Waals surface area (Å²) in [5.74, 6) is -0.523. The Labute approximate surface area is 104 Å². The lowest BCUT2D eigenvalue weighted by atomic mass is 10.0. The van der Waals surface area contributed by atoms with Gasteiger partial charge in [0.2, 0.25) is 0 Å². The number of carbonyl (C=O) groups is 1. The fraction of sp³-hybridized carbons (Fsp3) is 0.333. The standard InChI is InChI=1S/C12H12N2O4/c1-3-18-12(15)6-9-4-8(2)10(7-13)5-11(9)14(16)17/h4-5H,3,6H2,1-2H3. The highest BCUT2D eigenvalue weighted by atomic mass is 16.6. The van der Waals surface area contributed by atoms with Crippen molar-refractivity contribution < 1.29 is 14.5 Å². The summed E-state index contributed by atoms with van der Waals surface area (Å²) in [6, 6.07) is 4.54. The molecule has 0 radical (unpaired) electrons. The molecule has 18 heavy (non-hydrogen) atoms. The first-order valence-electron chi connectivity index (χ1n) is 5.33. The number of carbonyl (C=O) groups excluding carboxylic acids is 1. The summed E-state index contributed by atoms with van der Waals surface area (Å²) >= 11 is 0. The maximum Gasteiger partial charge on any atom is 0.310 e. The zero-order valence-corrected chi connectivity index (χ0v) is 10.1. The van der Waals surface area contributed by atoms with E-state index in [-0.39, 0.29) is 29.8 Å². The second-order valence-electron chi connectivity index (χ2n) is 3.65. The summed E-state index contributed by atoms with van der Waals surface area (Å²) in [6.07, 6.45) is -0.170. The molecule has 0 fully saturated rings. The van der Waals surface area contributed by atoms with Crippen molar-refractivity contribution in [3.05, 3.63) is 38.9 Å². The van der Waals surface area contributed by atoms with E-state index < -0.39 is 10.9 Å². The van der Waals surface area contributed by atoms with Crippen molar-refractivity contribution in [2.75, 3.05) is 6.61 Å². The molecule has 94 valence electrons. The van der Waals surface area contributed by atoms with Gasteiger partial charge in [0.05, 0.1) is 29.6 Å². The van der Waals surface area contributed by atoms with Gasteiger partial charge in [0.25, 0.3) is 5.69 Å². The smallest absolute Gasteiger partial charge is 0.310 e. The molecule has 0 N–H and O–H groups in total. The molecule has 0 unspecified atom stereocenters. The molecule has 0 amide bonds. The molecule has 0 bridgehead atoms. The zero-order chi connectivity index (χ0) is 13.7. The summed E-state index contributed by atoms with van der Waals surface area (Å²) in [5.41, 5.74) is 0.858. The van der Waals surface area contributed by atoms with Crippen LogP contribution in [0.3, 0.4) is 0 Å². The number of esters is 1. The lowest BCUT2D eigenvalue weighted by Crippen LogP contribution is -2.09. The number of aryl methyl sites for hydroxylation is 1. The Balaban J connectivity index is 3.18. The van der Waals surface area contributed by atoms with Gasteiger partial charge >= 0.3 is 5.97 Å². The van der Waals surface area contributed by atoms with E-state index in [0.717, 1.165) is 0 Å². The van der Waals surface area contributed by atoms with E-state index in [9.17, 15) is 14.9 Å². The molecule has 0 aliphatic rings. The fourth-order valence-electron chi connectivity index (χ4n) is 1.56. The number of nitro benzene ring substituents is 1. The highest BCUT2D eigenvalue weighted by Crippen LogP contribution is 2.23. The molecule has 0 aliphatic carbocycles. The van der Waals surface area contributed by atoms with Crippen LogP contribution in [0.1, 0.15) is 23.6 Å². The topological polar surface area (TPSA) is 93.2 Å². The van der Waals surface area contributed by atoms with E-state index in [1.807, 2.05) is 6.07 Å². The largest absolute Gasteiger partial charge is 0.466 e. The minimum atomic E-state index is -0.602. The molecule has 0 saturated heterocycles. The molecule has 1 rings (SSSR count). The first kappa shape index (κ1) is 13.6. The van der Waals surface area contributed by atoms with Crippen molar-refractivity contribution in [2.24, 2.45) is 0 Å². The number of nitrogens with zero attached hydrogens (tertiary/aromatic N) is 2. The number of nitriles is 1. The molecular weight excluding hydrogens is 236 g/mol. The van der Waals surface area contributed by atoms with E-state index in [0.29, 0.717) is 5.56 Å². The van der Waals surface area contributed by atoms with Crippen LogP contribution >= 0.6 is 0 Å². The minimum absolute atomic E-state index is 0.170. The second kappa shape index (κ2) is 5.77. The molecule has 1 aromatic rings. The molecule has 1 aromatic carbocycles. The second-order valence-corrected chi connectivity index (χ2v) is 3.65. The quantitative estimate of drug-likeness (QED) is 0.460. The molecule has 0 aliphatic heterocycles. The van der Waals surface area contributed by atoms with Crippen LogP contribution < -0.4 is 0 Å². The zero-order valence-electron chi connectivity index (χ0n) is 10.1. The van der Waals surface area contributed by atoms with E-state index in [2.05, 4.69) is 0 Å². The Morgan fingerprint density at radius 1 is 1.56 bits per heavy atom. The van der Waals surface area contributed by atoms with Crippen LogP contribution in [0.4, 0.5) is 5.69 Å². The molecule has 0 heterocycles. The molecule has 0 saturated carbocycles.